The molecular formula is C26H37N3O3. The maximum Gasteiger partial charge on any atom is 0.191 e. The summed E-state index contributed by atoms with van der Waals surface area (Å²) >= 11 is 0. The van der Waals surface area contributed by atoms with Crippen molar-refractivity contribution in [2.75, 3.05) is 33.9 Å². The van der Waals surface area contributed by atoms with Gasteiger partial charge in [-0.25, -0.2) is 0 Å². The molecule has 2 aromatic rings. The third-order valence-corrected chi connectivity index (χ3v) is 6.00. The van der Waals surface area contributed by atoms with E-state index in [2.05, 4.69) is 52.9 Å². The van der Waals surface area contributed by atoms with E-state index < -0.39 is 0 Å². The van der Waals surface area contributed by atoms with E-state index in [0.29, 0.717) is 6.54 Å². The number of hydrogen-bond donors (Lipinski definition) is 2. The summed E-state index contributed by atoms with van der Waals surface area (Å²) in [6, 6.07) is 14.7. The predicted molar refractivity (Wildman–Crippen MR) is 130 cm³/mol. The highest BCUT2D eigenvalue weighted by atomic mass is 16.5. The molecule has 1 aliphatic rings. The number of hydrogen-bond acceptors (Lipinski definition) is 4. The largest absolute Gasteiger partial charge is 0.497 e. The molecular weight excluding hydrogens is 402 g/mol. The molecule has 6 heteroatoms. The van der Waals surface area contributed by atoms with E-state index in [1.54, 1.807) is 14.2 Å². The molecule has 1 aliphatic heterocycles. The van der Waals surface area contributed by atoms with Crippen molar-refractivity contribution in [3.05, 3.63) is 59.2 Å². The Labute approximate surface area is 192 Å². The maximum absolute atomic E-state index is 6.02. The lowest BCUT2D eigenvalue weighted by atomic mass is 9.74. The van der Waals surface area contributed by atoms with Crippen LogP contribution < -0.4 is 20.1 Å². The number of nitrogens with one attached hydrogen (secondary N) is 2. The Hall–Kier alpha value is -2.73. The molecule has 0 unspecified atom stereocenters. The Morgan fingerprint density at radius 2 is 1.81 bits per heavy atom. The molecule has 1 heterocycles. The van der Waals surface area contributed by atoms with E-state index in [9.17, 15) is 0 Å². The van der Waals surface area contributed by atoms with Crippen LogP contribution in [0.15, 0.2) is 47.5 Å². The van der Waals surface area contributed by atoms with Gasteiger partial charge in [0.1, 0.15) is 11.5 Å². The fraction of sp³-hybridized carbons (Fsp3) is 0.500. The highest BCUT2D eigenvalue weighted by molar-refractivity contribution is 5.79. The second-order valence-corrected chi connectivity index (χ2v) is 8.68. The standard InChI is InChI=1S/C26H37N3O3/c1-19(2)32-24-16-20(3)6-7-21(24)17-28-25(27-4)29-18-26(12-14-31-15-13-26)22-8-10-23(30-5)11-9-22/h6-11,16,19H,12-15,17-18H2,1-5H3,(H2,27,28,29). The minimum absolute atomic E-state index is 0.00207. The first-order chi connectivity index (χ1) is 15.5. The van der Waals surface area contributed by atoms with Crippen molar-refractivity contribution >= 4 is 5.96 Å². The highest BCUT2D eigenvalue weighted by Gasteiger charge is 2.34. The molecule has 0 spiro atoms. The summed E-state index contributed by atoms with van der Waals surface area (Å²) < 4.78 is 17.0. The van der Waals surface area contributed by atoms with E-state index in [-0.39, 0.29) is 11.5 Å². The highest BCUT2D eigenvalue weighted by Crippen LogP contribution is 2.35. The van der Waals surface area contributed by atoms with E-state index in [1.165, 1.54) is 11.1 Å². The van der Waals surface area contributed by atoms with Crippen LogP contribution in [0.2, 0.25) is 0 Å². The Morgan fingerprint density at radius 3 is 2.44 bits per heavy atom. The normalized spacial score (nSPS) is 16.0. The molecule has 0 radical (unpaired) electrons. The number of methoxy groups -OCH3 is 1. The van der Waals surface area contributed by atoms with E-state index in [0.717, 1.165) is 55.6 Å². The van der Waals surface area contributed by atoms with Crippen LogP contribution in [0.3, 0.4) is 0 Å². The number of aryl methyl sites for hydroxylation is 1. The van der Waals surface area contributed by atoms with Crippen LogP contribution in [0.4, 0.5) is 0 Å². The minimum atomic E-state index is -0.00207. The van der Waals surface area contributed by atoms with E-state index in [4.69, 9.17) is 14.2 Å². The maximum atomic E-state index is 6.02. The lowest BCUT2D eigenvalue weighted by Crippen LogP contribution is -2.47. The quantitative estimate of drug-likeness (QED) is 0.477. The molecule has 0 amide bonds. The van der Waals surface area contributed by atoms with Gasteiger partial charge in [-0.15, -0.1) is 0 Å². The van der Waals surface area contributed by atoms with Crippen molar-refractivity contribution < 1.29 is 14.2 Å². The zero-order valence-corrected chi connectivity index (χ0v) is 20.0. The number of nitrogens with zero attached hydrogens (tertiary/aromatic N) is 1. The fourth-order valence-electron chi connectivity index (χ4n) is 4.10. The molecule has 1 saturated heterocycles. The van der Waals surface area contributed by atoms with Crippen molar-refractivity contribution in [2.24, 2.45) is 4.99 Å². The van der Waals surface area contributed by atoms with E-state index in [1.807, 2.05) is 26.0 Å². The number of guanidine groups is 1. The number of rotatable bonds is 8. The second kappa shape index (κ2) is 11.2. The van der Waals surface area contributed by atoms with Gasteiger partial charge in [0.25, 0.3) is 0 Å². The summed E-state index contributed by atoms with van der Waals surface area (Å²) in [5, 5.41) is 7.01. The molecule has 2 N–H and O–H groups in total. The first-order valence-electron chi connectivity index (χ1n) is 11.4. The van der Waals surface area contributed by atoms with Crippen molar-refractivity contribution in [3.8, 4) is 11.5 Å². The van der Waals surface area contributed by atoms with Gasteiger partial charge in [0.15, 0.2) is 5.96 Å². The lowest BCUT2D eigenvalue weighted by molar-refractivity contribution is 0.0513. The van der Waals surface area contributed by atoms with Crippen LogP contribution in [0, 0.1) is 6.92 Å². The van der Waals surface area contributed by atoms with Crippen molar-refractivity contribution in [1.82, 2.24) is 10.6 Å². The summed E-state index contributed by atoms with van der Waals surface area (Å²) in [6.45, 7) is 9.13. The third-order valence-electron chi connectivity index (χ3n) is 6.00. The van der Waals surface area contributed by atoms with Crippen LogP contribution in [0.5, 0.6) is 11.5 Å². The fourth-order valence-corrected chi connectivity index (χ4v) is 4.10. The summed E-state index contributed by atoms with van der Waals surface area (Å²) in [6.07, 6.45) is 2.06. The van der Waals surface area contributed by atoms with Gasteiger partial charge in [-0.3, -0.25) is 4.99 Å². The topological polar surface area (TPSA) is 64.1 Å². The van der Waals surface area contributed by atoms with Crippen LogP contribution in [0.1, 0.15) is 43.4 Å². The molecule has 0 aliphatic carbocycles. The second-order valence-electron chi connectivity index (χ2n) is 8.68. The molecule has 3 rings (SSSR count). The number of benzene rings is 2. The SMILES string of the molecule is CN=C(NCc1ccc(C)cc1OC(C)C)NCC1(c2ccc(OC)cc2)CCOCC1. The summed E-state index contributed by atoms with van der Waals surface area (Å²) in [4.78, 5) is 4.45. The van der Waals surface area contributed by atoms with Crippen LogP contribution in [-0.4, -0.2) is 46.0 Å². The van der Waals surface area contributed by atoms with Gasteiger partial charge in [-0.2, -0.15) is 0 Å². The molecule has 6 nitrogen and oxygen atoms in total. The van der Waals surface area contributed by atoms with Gasteiger partial charge in [0.2, 0.25) is 0 Å². The smallest absolute Gasteiger partial charge is 0.191 e. The molecule has 32 heavy (non-hydrogen) atoms. The summed E-state index contributed by atoms with van der Waals surface area (Å²) in [7, 11) is 3.50. The molecule has 1 fully saturated rings. The van der Waals surface area contributed by atoms with Crippen molar-refractivity contribution in [2.45, 2.75) is 51.7 Å². The number of ether oxygens (including phenoxy) is 3. The van der Waals surface area contributed by atoms with Crippen LogP contribution in [-0.2, 0) is 16.7 Å². The van der Waals surface area contributed by atoms with Crippen molar-refractivity contribution in [3.63, 3.8) is 0 Å². The lowest BCUT2D eigenvalue weighted by Gasteiger charge is -2.38. The van der Waals surface area contributed by atoms with Gasteiger partial charge in [-0.05, 0) is 62.9 Å². The average Bonchev–Trinajstić information content (AvgIpc) is 2.80. The Morgan fingerprint density at radius 1 is 1.09 bits per heavy atom. The summed E-state index contributed by atoms with van der Waals surface area (Å²) in [5.41, 5.74) is 3.60. The van der Waals surface area contributed by atoms with Gasteiger partial charge in [-0.1, -0.05) is 24.3 Å². The van der Waals surface area contributed by atoms with Crippen LogP contribution in [0.25, 0.3) is 0 Å². The molecule has 0 bridgehead atoms. The molecule has 0 saturated carbocycles. The first-order valence-corrected chi connectivity index (χ1v) is 11.4. The summed E-state index contributed by atoms with van der Waals surface area (Å²) in [5.74, 6) is 2.57. The average molecular weight is 440 g/mol. The van der Waals surface area contributed by atoms with Gasteiger partial charge >= 0.3 is 0 Å². The first kappa shape index (κ1) is 23.9. The number of aliphatic imine (C=N–C) groups is 1. The molecule has 0 aromatic heterocycles. The molecule has 0 atom stereocenters. The van der Waals surface area contributed by atoms with Crippen LogP contribution >= 0.6 is 0 Å². The van der Waals surface area contributed by atoms with E-state index >= 15 is 0 Å². The Kier molecular flexibility index (Phi) is 8.39. The Balaban J connectivity index is 1.68. The Bertz CT molecular complexity index is 888. The monoisotopic (exact) mass is 439 g/mol. The zero-order valence-electron chi connectivity index (χ0n) is 20.0. The minimum Gasteiger partial charge on any atom is -0.497 e. The molecule has 2 aromatic carbocycles. The zero-order chi connectivity index (χ0) is 23.0. The molecule has 174 valence electrons. The van der Waals surface area contributed by atoms with Gasteiger partial charge in [0.05, 0.1) is 13.2 Å². The predicted octanol–water partition coefficient (Wildman–Crippen LogP) is 4.20. The third kappa shape index (κ3) is 6.16. The van der Waals surface area contributed by atoms with Gasteiger partial charge in [0, 0.05) is 44.3 Å². The van der Waals surface area contributed by atoms with Gasteiger partial charge < -0.3 is 24.8 Å². The van der Waals surface area contributed by atoms with Crippen molar-refractivity contribution in [1.29, 1.82) is 0 Å².